The molecule has 0 saturated heterocycles. The first-order chi connectivity index (χ1) is 6.20. The molecule has 13 heavy (non-hydrogen) atoms. The average molecular weight is 185 g/mol. The van der Waals surface area contributed by atoms with Crippen LogP contribution in [-0.4, -0.2) is 26.3 Å². The van der Waals surface area contributed by atoms with E-state index in [2.05, 4.69) is 26.1 Å². The summed E-state index contributed by atoms with van der Waals surface area (Å²) in [5, 5.41) is 3.43. The lowest BCUT2D eigenvalue weighted by molar-refractivity contribution is 0.111. The zero-order valence-electron chi connectivity index (χ0n) is 9.18. The Kier molecular flexibility index (Phi) is 4.74. The van der Waals surface area contributed by atoms with E-state index < -0.39 is 0 Å². The van der Waals surface area contributed by atoms with Gasteiger partial charge in [0.2, 0.25) is 0 Å². The standard InChI is InChI=1S/C11H23NO/c1-9(2)8-13-5-4-12-7-11-6-10(11)3/h9-12H,4-8H2,1-3H3. The molecule has 78 valence electrons. The molecular weight excluding hydrogens is 162 g/mol. The van der Waals surface area contributed by atoms with Crippen LogP contribution in [0.3, 0.4) is 0 Å². The van der Waals surface area contributed by atoms with E-state index in [1.807, 2.05) is 0 Å². The highest BCUT2D eigenvalue weighted by Crippen LogP contribution is 2.36. The van der Waals surface area contributed by atoms with E-state index in [-0.39, 0.29) is 0 Å². The summed E-state index contributed by atoms with van der Waals surface area (Å²) in [4.78, 5) is 0. The molecule has 0 aromatic rings. The highest BCUT2D eigenvalue weighted by atomic mass is 16.5. The quantitative estimate of drug-likeness (QED) is 0.612. The van der Waals surface area contributed by atoms with Gasteiger partial charge in [0.25, 0.3) is 0 Å². The molecule has 0 aliphatic heterocycles. The van der Waals surface area contributed by atoms with Gasteiger partial charge in [0.15, 0.2) is 0 Å². The third-order valence-electron chi connectivity index (χ3n) is 2.56. The molecule has 1 aliphatic carbocycles. The molecule has 0 spiro atoms. The van der Waals surface area contributed by atoms with Crippen molar-refractivity contribution in [2.75, 3.05) is 26.3 Å². The lowest BCUT2D eigenvalue weighted by atomic mass is 10.2. The Balaban J connectivity index is 1.74. The Hall–Kier alpha value is -0.0800. The van der Waals surface area contributed by atoms with Crippen LogP contribution in [0.5, 0.6) is 0 Å². The lowest BCUT2D eigenvalue weighted by Gasteiger charge is -2.07. The maximum absolute atomic E-state index is 5.46. The molecule has 1 aliphatic rings. The topological polar surface area (TPSA) is 21.3 Å². The van der Waals surface area contributed by atoms with Crippen LogP contribution in [-0.2, 0) is 4.74 Å². The van der Waals surface area contributed by atoms with Gasteiger partial charge in [-0.15, -0.1) is 0 Å². The van der Waals surface area contributed by atoms with E-state index in [1.54, 1.807) is 0 Å². The zero-order chi connectivity index (χ0) is 9.68. The highest BCUT2D eigenvalue weighted by molar-refractivity contribution is 4.83. The Morgan fingerprint density at radius 3 is 2.69 bits per heavy atom. The Morgan fingerprint density at radius 2 is 2.15 bits per heavy atom. The number of hydrogen-bond acceptors (Lipinski definition) is 2. The van der Waals surface area contributed by atoms with Gasteiger partial charge >= 0.3 is 0 Å². The molecule has 1 fully saturated rings. The molecule has 0 heterocycles. The SMILES string of the molecule is CC(C)COCCNCC1CC1C. The first-order valence-corrected chi connectivity index (χ1v) is 5.48. The summed E-state index contributed by atoms with van der Waals surface area (Å²) in [5.41, 5.74) is 0. The van der Waals surface area contributed by atoms with Gasteiger partial charge in [0, 0.05) is 13.2 Å². The van der Waals surface area contributed by atoms with Crippen molar-refractivity contribution >= 4 is 0 Å². The monoisotopic (exact) mass is 185 g/mol. The van der Waals surface area contributed by atoms with Crippen molar-refractivity contribution in [3.05, 3.63) is 0 Å². The van der Waals surface area contributed by atoms with Crippen LogP contribution < -0.4 is 5.32 Å². The van der Waals surface area contributed by atoms with Gasteiger partial charge in [0.1, 0.15) is 0 Å². The third kappa shape index (κ3) is 5.27. The number of ether oxygens (including phenoxy) is 1. The highest BCUT2D eigenvalue weighted by Gasteiger charge is 2.31. The maximum atomic E-state index is 5.46. The van der Waals surface area contributed by atoms with Gasteiger partial charge < -0.3 is 10.1 Å². The second-order valence-corrected chi connectivity index (χ2v) is 4.65. The second kappa shape index (κ2) is 5.61. The van der Waals surface area contributed by atoms with Crippen molar-refractivity contribution in [3.63, 3.8) is 0 Å². The van der Waals surface area contributed by atoms with E-state index >= 15 is 0 Å². The van der Waals surface area contributed by atoms with Gasteiger partial charge in [-0.2, -0.15) is 0 Å². The van der Waals surface area contributed by atoms with Crippen molar-refractivity contribution in [3.8, 4) is 0 Å². The summed E-state index contributed by atoms with van der Waals surface area (Å²) in [7, 11) is 0. The van der Waals surface area contributed by atoms with Crippen molar-refractivity contribution in [1.82, 2.24) is 5.32 Å². The van der Waals surface area contributed by atoms with Crippen molar-refractivity contribution in [2.45, 2.75) is 27.2 Å². The largest absolute Gasteiger partial charge is 0.380 e. The molecule has 0 aromatic carbocycles. The molecule has 0 bridgehead atoms. The molecule has 2 unspecified atom stereocenters. The van der Waals surface area contributed by atoms with Crippen molar-refractivity contribution in [2.24, 2.45) is 17.8 Å². The van der Waals surface area contributed by atoms with Crippen LogP contribution in [0.25, 0.3) is 0 Å². The van der Waals surface area contributed by atoms with Crippen LogP contribution in [0.4, 0.5) is 0 Å². The number of nitrogens with one attached hydrogen (secondary N) is 1. The maximum Gasteiger partial charge on any atom is 0.0591 e. The van der Waals surface area contributed by atoms with E-state index in [9.17, 15) is 0 Å². The van der Waals surface area contributed by atoms with E-state index in [1.165, 1.54) is 13.0 Å². The summed E-state index contributed by atoms with van der Waals surface area (Å²) in [6.07, 6.45) is 1.42. The van der Waals surface area contributed by atoms with Gasteiger partial charge in [-0.1, -0.05) is 20.8 Å². The minimum Gasteiger partial charge on any atom is -0.380 e. The van der Waals surface area contributed by atoms with Gasteiger partial charge in [0.05, 0.1) is 6.61 Å². The first kappa shape index (κ1) is 11.0. The predicted molar refractivity (Wildman–Crippen MR) is 55.8 cm³/mol. The average Bonchev–Trinajstić information content (AvgIpc) is 2.74. The summed E-state index contributed by atoms with van der Waals surface area (Å²) in [6.45, 7) is 10.6. The van der Waals surface area contributed by atoms with Gasteiger partial charge in [-0.3, -0.25) is 0 Å². The van der Waals surface area contributed by atoms with E-state index in [0.29, 0.717) is 5.92 Å². The molecule has 0 radical (unpaired) electrons. The Labute approximate surface area is 82.0 Å². The molecule has 1 saturated carbocycles. The zero-order valence-corrected chi connectivity index (χ0v) is 9.18. The second-order valence-electron chi connectivity index (χ2n) is 4.65. The molecule has 1 N–H and O–H groups in total. The molecule has 2 atom stereocenters. The summed E-state index contributed by atoms with van der Waals surface area (Å²) >= 11 is 0. The van der Waals surface area contributed by atoms with Gasteiger partial charge in [-0.25, -0.2) is 0 Å². The fraction of sp³-hybridized carbons (Fsp3) is 1.00. The van der Waals surface area contributed by atoms with Crippen LogP contribution in [0, 0.1) is 17.8 Å². The fourth-order valence-electron chi connectivity index (χ4n) is 1.43. The van der Waals surface area contributed by atoms with E-state index in [0.717, 1.165) is 31.6 Å². The number of hydrogen-bond donors (Lipinski definition) is 1. The summed E-state index contributed by atoms with van der Waals surface area (Å²) in [6, 6.07) is 0. The molecule has 0 aromatic heterocycles. The third-order valence-corrected chi connectivity index (χ3v) is 2.56. The van der Waals surface area contributed by atoms with Crippen LogP contribution in [0.15, 0.2) is 0 Å². The van der Waals surface area contributed by atoms with Gasteiger partial charge in [-0.05, 0) is 30.7 Å². The summed E-state index contributed by atoms with van der Waals surface area (Å²) in [5.74, 6) is 2.57. The van der Waals surface area contributed by atoms with E-state index in [4.69, 9.17) is 4.74 Å². The first-order valence-electron chi connectivity index (χ1n) is 5.48. The normalized spacial score (nSPS) is 26.8. The number of rotatable bonds is 7. The minimum absolute atomic E-state index is 0.656. The Bertz CT molecular complexity index is 136. The predicted octanol–water partition coefficient (Wildman–Crippen LogP) is 1.90. The summed E-state index contributed by atoms with van der Waals surface area (Å²) < 4.78 is 5.46. The molecule has 2 heteroatoms. The molecular formula is C11H23NO. The smallest absolute Gasteiger partial charge is 0.0591 e. The molecule has 1 rings (SSSR count). The van der Waals surface area contributed by atoms with Crippen LogP contribution in [0.1, 0.15) is 27.2 Å². The van der Waals surface area contributed by atoms with Crippen molar-refractivity contribution < 1.29 is 4.74 Å². The van der Waals surface area contributed by atoms with Crippen LogP contribution in [0.2, 0.25) is 0 Å². The lowest BCUT2D eigenvalue weighted by Crippen LogP contribution is -2.23. The van der Waals surface area contributed by atoms with Crippen LogP contribution >= 0.6 is 0 Å². The fourth-order valence-corrected chi connectivity index (χ4v) is 1.43. The molecule has 2 nitrogen and oxygen atoms in total. The molecule has 0 amide bonds. The van der Waals surface area contributed by atoms with Crippen molar-refractivity contribution in [1.29, 1.82) is 0 Å². The minimum atomic E-state index is 0.656. The Morgan fingerprint density at radius 1 is 1.46 bits per heavy atom.